The van der Waals surface area contributed by atoms with Crippen LogP contribution in [0.3, 0.4) is 0 Å². The Bertz CT molecular complexity index is 294. The molecule has 1 fully saturated rings. The van der Waals surface area contributed by atoms with Crippen LogP contribution >= 0.6 is 0 Å². The molecule has 1 aliphatic heterocycles. The normalized spacial score (nSPS) is 27.6. The van der Waals surface area contributed by atoms with E-state index in [4.69, 9.17) is 9.84 Å². The van der Waals surface area contributed by atoms with Crippen molar-refractivity contribution in [3.8, 4) is 0 Å². The Morgan fingerprint density at radius 2 is 1.92 bits per heavy atom. The second kappa shape index (κ2) is 2.60. The second-order valence-corrected chi connectivity index (χ2v) is 2.71. The predicted octanol–water partition coefficient (Wildman–Crippen LogP) is 0.645. The zero-order valence-electron chi connectivity index (χ0n) is 6.31. The maximum atomic E-state index is 10.5. The monoisotopic (exact) mass is 164 g/mol. The van der Waals surface area contributed by atoms with E-state index < -0.39 is 18.2 Å². The summed E-state index contributed by atoms with van der Waals surface area (Å²) < 4.78 is 4.75. The van der Waals surface area contributed by atoms with E-state index >= 15 is 0 Å². The highest BCUT2D eigenvalue weighted by molar-refractivity contribution is 5.81. The first kappa shape index (κ1) is 7.31. The van der Waals surface area contributed by atoms with E-state index in [1.165, 1.54) is 0 Å². The first-order valence-electron chi connectivity index (χ1n) is 3.72. The molecule has 1 aromatic carbocycles. The van der Waals surface area contributed by atoms with Crippen LogP contribution in [0, 0.1) is 0 Å². The van der Waals surface area contributed by atoms with Gasteiger partial charge < -0.3 is 9.84 Å². The van der Waals surface area contributed by atoms with Crippen molar-refractivity contribution in [2.24, 2.45) is 0 Å². The third kappa shape index (κ3) is 0.987. The highest BCUT2D eigenvalue weighted by Gasteiger charge is 2.41. The van der Waals surface area contributed by atoms with Gasteiger partial charge in [-0.1, -0.05) is 30.3 Å². The topological polar surface area (TPSA) is 46.5 Å². The number of aliphatic hydroxyl groups excluding tert-OH is 1. The molecule has 3 nitrogen and oxygen atoms in total. The van der Waals surface area contributed by atoms with Crippen LogP contribution in [0.4, 0.5) is 0 Å². The number of rotatable bonds is 1. The summed E-state index contributed by atoms with van der Waals surface area (Å²) in [5.41, 5.74) is 0.838. The molecule has 0 amide bonds. The number of benzene rings is 1. The minimum atomic E-state index is -0.979. The molecule has 0 spiro atoms. The Labute approximate surface area is 69.6 Å². The molecule has 0 aliphatic carbocycles. The number of carbonyl (C=O) groups is 1. The first-order chi connectivity index (χ1) is 5.79. The van der Waals surface area contributed by atoms with Gasteiger partial charge in [0.25, 0.3) is 0 Å². The van der Waals surface area contributed by atoms with Gasteiger partial charge in [0.1, 0.15) is 0 Å². The fourth-order valence-electron chi connectivity index (χ4n) is 1.20. The van der Waals surface area contributed by atoms with Crippen LogP contribution in [0.1, 0.15) is 11.7 Å². The van der Waals surface area contributed by atoms with Crippen molar-refractivity contribution in [2.45, 2.75) is 12.2 Å². The molecule has 3 heteroatoms. The van der Waals surface area contributed by atoms with Gasteiger partial charge in [-0.05, 0) is 5.56 Å². The fraction of sp³-hybridized carbons (Fsp3) is 0.222. The van der Waals surface area contributed by atoms with E-state index in [1.54, 1.807) is 0 Å². The smallest absolute Gasteiger partial charge is 0.340 e. The second-order valence-electron chi connectivity index (χ2n) is 2.71. The molecular formula is C9H8O3. The van der Waals surface area contributed by atoms with Crippen molar-refractivity contribution >= 4 is 5.97 Å². The summed E-state index contributed by atoms with van der Waals surface area (Å²) in [6, 6.07) is 9.19. The fourth-order valence-corrected chi connectivity index (χ4v) is 1.20. The molecule has 2 rings (SSSR count). The van der Waals surface area contributed by atoms with Crippen molar-refractivity contribution < 1.29 is 14.6 Å². The zero-order chi connectivity index (χ0) is 8.55. The van der Waals surface area contributed by atoms with E-state index in [0.717, 1.165) is 5.56 Å². The molecule has 12 heavy (non-hydrogen) atoms. The van der Waals surface area contributed by atoms with Gasteiger partial charge in [-0.2, -0.15) is 0 Å². The number of carbonyl (C=O) groups excluding carboxylic acids is 1. The molecule has 1 aliphatic rings. The van der Waals surface area contributed by atoms with E-state index in [1.807, 2.05) is 30.3 Å². The maximum Gasteiger partial charge on any atom is 0.340 e. The molecule has 0 bridgehead atoms. The Morgan fingerprint density at radius 1 is 1.25 bits per heavy atom. The molecule has 62 valence electrons. The number of ether oxygens (including phenoxy) is 1. The lowest BCUT2D eigenvalue weighted by molar-refractivity contribution is -0.198. The minimum absolute atomic E-state index is 0.460. The predicted molar refractivity (Wildman–Crippen MR) is 41.3 cm³/mol. The van der Waals surface area contributed by atoms with E-state index in [-0.39, 0.29) is 0 Å². The molecule has 2 unspecified atom stereocenters. The van der Waals surface area contributed by atoms with Crippen LogP contribution < -0.4 is 0 Å². The van der Waals surface area contributed by atoms with Gasteiger partial charge in [0.05, 0.1) is 0 Å². The standard InChI is InChI=1S/C9H8O3/c10-7-8(12-9(7)11)6-4-2-1-3-5-6/h1-5,7-8,10H. The summed E-state index contributed by atoms with van der Waals surface area (Å²) in [6.45, 7) is 0. The molecule has 0 aromatic heterocycles. The molecule has 1 aromatic rings. The zero-order valence-corrected chi connectivity index (χ0v) is 6.31. The van der Waals surface area contributed by atoms with Crippen LogP contribution in [0.2, 0.25) is 0 Å². The number of aliphatic hydroxyl groups is 1. The molecule has 1 heterocycles. The largest absolute Gasteiger partial charge is 0.452 e. The number of hydrogen-bond donors (Lipinski definition) is 1. The summed E-state index contributed by atoms with van der Waals surface area (Å²) in [7, 11) is 0. The molecule has 2 atom stereocenters. The Kier molecular flexibility index (Phi) is 1.59. The molecule has 0 radical (unpaired) electrons. The number of cyclic esters (lactones) is 1. The summed E-state index contributed by atoms with van der Waals surface area (Å²) in [5.74, 6) is -0.538. The maximum absolute atomic E-state index is 10.5. The SMILES string of the molecule is O=C1OC(c2ccccc2)C1O. The van der Waals surface area contributed by atoms with Gasteiger partial charge in [-0.3, -0.25) is 0 Å². The van der Waals surface area contributed by atoms with Crippen LogP contribution in [0.5, 0.6) is 0 Å². The van der Waals surface area contributed by atoms with Crippen molar-refractivity contribution in [2.75, 3.05) is 0 Å². The van der Waals surface area contributed by atoms with Gasteiger partial charge in [0.2, 0.25) is 0 Å². The highest BCUT2D eigenvalue weighted by Crippen LogP contribution is 2.30. The van der Waals surface area contributed by atoms with Crippen LogP contribution in [0.25, 0.3) is 0 Å². The summed E-state index contributed by atoms with van der Waals surface area (Å²) in [4.78, 5) is 10.5. The van der Waals surface area contributed by atoms with Crippen molar-refractivity contribution in [1.29, 1.82) is 0 Å². The van der Waals surface area contributed by atoms with Crippen molar-refractivity contribution in [3.63, 3.8) is 0 Å². The van der Waals surface area contributed by atoms with E-state index in [2.05, 4.69) is 0 Å². The van der Waals surface area contributed by atoms with Gasteiger partial charge in [-0.25, -0.2) is 4.79 Å². The van der Waals surface area contributed by atoms with Crippen LogP contribution in [-0.2, 0) is 9.53 Å². The van der Waals surface area contributed by atoms with Crippen LogP contribution in [0.15, 0.2) is 30.3 Å². The first-order valence-corrected chi connectivity index (χ1v) is 3.72. The van der Waals surface area contributed by atoms with Crippen molar-refractivity contribution in [3.05, 3.63) is 35.9 Å². The summed E-state index contributed by atoms with van der Waals surface area (Å²) >= 11 is 0. The average molecular weight is 164 g/mol. The van der Waals surface area contributed by atoms with Gasteiger partial charge in [-0.15, -0.1) is 0 Å². The highest BCUT2D eigenvalue weighted by atomic mass is 16.6. The van der Waals surface area contributed by atoms with Gasteiger partial charge >= 0.3 is 5.97 Å². The number of hydrogen-bond acceptors (Lipinski definition) is 3. The molecular weight excluding hydrogens is 156 g/mol. The third-order valence-corrected chi connectivity index (χ3v) is 1.90. The Hall–Kier alpha value is -1.35. The van der Waals surface area contributed by atoms with E-state index in [9.17, 15) is 4.79 Å². The summed E-state index contributed by atoms with van der Waals surface area (Å²) in [5, 5.41) is 9.16. The minimum Gasteiger partial charge on any atom is -0.452 e. The Morgan fingerprint density at radius 3 is 2.42 bits per heavy atom. The average Bonchev–Trinajstić information content (AvgIpc) is 2.15. The van der Waals surface area contributed by atoms with Gasteiger partial charge in [0.15, 0.2) is 12.2 Å². The van der Waals surface area contributed by atoms with E-state index in [0.29, 0.717) is 0 Å². The lowest BCUT2D eigenvalue weighted by Crippen LogP contribution is -2.43. The molecule has 0 saturated carbocycles. The molecule has 1 N–H and O–H groups in total. The molecule has 1 saturated heterocycles. The lowest BCUT2D eigenvalue weighted by atomic mass is 10.0. The Balaban J connectivity index is 2.18. The van der Waals surface area contributed by atoms with Crippen LogP contribution in [-0.4, -0.2) is 17.2 Å². The summed E-state index contributed by atoms with van der Waals surface area (Å²) in [6.07, 6.45) is -1.44. The number of esters is 1. The lowest BCUT2D eigenvalue weighted by Gasteiger charge is -2.31. The quantitative estimate of drug-likeness (QED) is 0.620. The van der Waals surface area contributed by atoms with Gasteiger partial charge in [0, 0.05) is 0 Å². The third-order valence-electron chi connectivity index (χ3n) is 1.90. The van der Waals surface area contributed by atoms with Crippen molar-refractivity contribution in [1.82, 2.24) is 0 Å².